The first-order chi connectivity index (χ1) is 16.6. The van der Waals surface area contributed by atoms with Gasteiger partial charge in [-0.3, -0.25) is 14.6 Å². The Morgan fingerprint density at radius 2 is 1.68 bits per heavy atom. The Bertz CT molecular complexity index is 1210. The number of likely N-dealkylation sites (tertiary alicyclic amines) is 1. The van der Waals surface area contributed by atoms with Gasteiger partial charge in [0.25, 0.3) is 5.91 Å². The van der Waals surface area contributed by atoms with Crippen molar-refractivity contribution in [2.24, 2.45) is 5.92 Å². The van der Waals surface area contributed by atoms with Crippen LogP contribution in [0, 0.1) is 5.92 Å². The number of fused-ring (bicyclic) bond motifs is 3. The lowest BCUT2D eigenvalue weighted by Crippen LogP contribution is -2.55. The summed E-state index contributed by atoms with van der Waals surface area (Å²) in [6.07, 6.45) is 1.75. The van der Waals surface area contributed by atoms with Gasteiger partial charge in [0.1, 0.15) is 12.8 Å². The Kier molecular flexibility index (Phi) is 5.70. The van der Waals surface area contributed by atoms with Crippen LogP contribution in [0.2, 0.25) is 0 Å². The molecule has 5 nitrogen and oxygen atoms in total. The molecule has 0 aliphatic carbocycles. The number of nitrogens with zero attached hydrogens (tertiary/aromatic N) is 2. The van der Waals surface area contributed by atoms with Crippen molar-refractivity contribution < 1.29 is 14.3 Å². The minimum absolute atomic E-state index is 0.0409. The first kappa shape index (κ1) is 22.0. The van der Waals surface area contributed by atoms with Crippen molar-refractivity contribution in [3.8, 4) is 0 Å². The fraction of sp³-hybridized carbons (Fsp3) is 0.241. The first-order valence-electron chi connectivity index (χ1n) is 11.7. The summed E-state index contributed by atoms with van der Waals surface area (Å²) in [6, 6.07) is 26.9. The summed E-state index contributed by atoms with van der Waals surface area (Å²) in [7, 11) is 0. The van der Waals surface area contributed by atoms with E-state index in [0.29, 0.717) is 12.1 Å². The second kappa shape index (κ2) is 8.82. The van der Waals surface area contributed by atoms with Crippen LogP contribution in [-0.2, 0) is 16.8 Å². The lowest BCUT2D eigenvalue weighted by Gasteiger charge is -2.39. The van der Waals surface area contributed by atoms with Crippen LogP contribution in [0.3, 0.4) is 0 Å². The van der Waals surface area contributed by atoms with Crippen LogP contribution in [0.4, 0.5) is 10.5 Å². The molecular weight excluding hydrogens is 424 g/mol. The van der Waals surface area contributed by atoms with Crippen molar-refractivity contribution in [1.29, 1.82) is 0 Å². The summed E-state index contributed by atoms with van der Waals surface area (Å²) in [5.74, 6) is -0.0851. The van der Waals surface area contributed by atoms with Crippen molar-refractivity contribution in [1.82, 2.24) is 4.90 Å². The maximum Gasteiger partial charge on any atom is 0.411 e. The van der Waals surface area contributed by atoms with Crippen LogP contribution in [0.1, 0.15) is 34.8 Å². The van der Waals surface area contributed by atoms with Gasteiger partial charge in [-0.1, -0.05) is 79.7 Å². The number of carbonyl (C=O) groups excluding carboxylic acids is 2. The third kappa shape index (κ3) is 3.39. The smallest absolute Gasteiger partial charge is 0.411 e. The molecule has 5 heteroatoms. The van der Waals surface area contributed by atoms with Crippen LogP contribution in [0.15, 0.2) is 97.6 Å². The molecule has 2 heterocycles. The van der Waals surface area contributed by atoms with E-state index in [1.807, 2.05) is 84.9 Å². The van der Waals surface area contributed by atoms with Gasteiger partial charge in [-0.2, -0.15) is 0 Å². The van der Waals surface area contributed by atoms with Gasteiger partial charge < -0.3 is 4.74 Å². The summed E-state index contributed by atoms with van der Waals surface area (Å²) in [5.41, 5.74) is 2.98. The zero-order valence-corrected chi connectivity index (χ0v) is 19.3. The topological polar surface area (TPSA) is 49.9 Å². The van der Waals surface area contributed by atoms with Gasteiger partial charge in [-0.15, -0.1) is 6.58 Å². The molecular formula is C29H28N2O3. The zero-order chi connectivity index (χ0) is 23.7. The molecule has 2 aliphatic heterocycles. The van der Waals surface area contributed by atoms with Crippen molar-refractivity contribution in [3.63, 3.8) is 0 Å². The van der Waals surface area contributed by atoms with Crippen molar-refractivity contribution in [3.05, 3.63) is 114 Å². The number of anilines is 1. The molecule has 34 heavy (non-hydrogen) atoms. The Balaban J connectivity index is 1.56. The Morgan fingerprint density at radius 3 is 2.38 bits per heavy atom. The normalized spacial score (nSPS) is 21.5. The number of hydrogen-bond donors (Lipinski definition) is 0. The average molecular weight is 453 g/mol. The highest BCUT2D eigenvalue weighted by atomic mass is 16.6. The van der Waals surface area contributed by atoms with Gasteiger partial charge in [-0.25, -0.2) is 4.79 Å². The van der Waals surface area contributed by atoms with Gasteiger partial charge in [0.15, 0.2) is 0 Å². The summed E-state index contributed by atoms with van der Waals surface area (Å²) < 4.78 is 5.73. The number of carbonyl (C=O) groups is 2. The molecule has 0 saturated carbocycles. The third-order valence-electron chi connectivity index (χ3n) is 7.28. The number of benzene rings is 3. The molecule has 3 atom stereocenters. The summed E-state index contributed by atoms with van der Waals surface area (Å²) >= 11 is 0. The number of ether oxygens (including phenoxy) is 1. The molecule has 1 fully saturated rings. The van der Waals surface area contributed by atoms with E-state index in [2.05, 4.69) is 19.6 Å². The minimum Gasteiger partial charge on any atom is -0.444 e. The van der Waals surface area contributed by atoms with Gasteiger partial charge in [0, 0.05) is 17.5 Å². The van der Waals surface area contributed by atoms with Gasteiger partial charge in [0.2, 0.25) is 0 Å². The standard InChI is InChI=1S/C29H28N2O3/c1-3-21(2)29-18-19-30(28(33)34-20-22-12-6-4-7-13-22)27(29)31(25-17-11-10-16-24(25)29)26(32)23-14-8-5-9-15-23/h3-17,21,27H,1,18-20H2,2H3/t21?,27-,29-/m1/s1. The molecule has 1 unspecified atom stereocenters. The minimum atomic E-state index is -0.492. The van der Waals surface area contributed by atoms with E-state index in [-0.39, 0.29) is 18.4 Å². The van der Waals surface area contributed by atoms with E-state index in [4.69, 9.17) is 4.74 Å². The first-order valence-corrected chi connectivity index (χ1v) is 11.7. The summed E-state index contributed by atoms with van der Waals surface area (Å²) in [4.78, 5) is 30.8. The molecule has 2 amide bonds. The van der Waals surface area contributed by atoms with E-state index in [0.717, 1.165) is 23.2 Å². The van der Waals surface area contributed by atoms with E-state index < -0.39 is 17.7 Å². The number of para-hydroxylation sites is 1. The highest BCUT2D eigenvalue weighted by Gasteiger charge is 2.62. The van der Waals surface area contributed by atoms with Crippen LogP contribution < -0.4 is 4.90 Å². The second-order valence-electron chi connectivity index (χ2n) is 8.98. The van der Waals surface area contributed by atoms with Crippen LogP contribution >= 0.6 is 0 Å². The SMILES string of the molecule is C=CC(C)[C@@]12CCN(C(=O)OCc3ccccc3)[C@@H]1N(C(=O)c1ccccc1)c1ccccc12. The largest absolute Gasteiger partial charge is 0.444 e. The monoisotopic (exact) mass is 452 g/mol. The van der Waals surface area contributed by atoms with E-state index in [9.17, 15) is 9.59 Å². The molecule has 0 radical (unpaired) electrons. The average Bonchev–Trinajstić information content (AvgIpc) is 3.42. The molecule has 172 valence electrons. The van der Waals surface area contributed by atoms with Crippen LogP contribution in [0.25, 0.3) is 0 Å². The van der Waals surface area contributed by atoms with E-state index in [1.54, 1.807) is 9.80 Å². The van der Waals surface area contributed by atoms with E-state index in [1.165, 1.54) is 0 Å². The van der Waals surface area contributed by atoms with Crippen molar-refractivity contribution >= 4 is 17.7 Å². The second-order valence-corrected chi connectivity index (χ2v) is 8.98. The van der Waals surface area contributed by atoms with Crippen molar-refractivity contribution in [2.45, 2.75) is 31.5 Å². The quantitative estimate of drug-likeness (QED) is 0.462. The summed E-state index contributed by atoms with van der Waals surface area (Å²) in [5, 5.41) is 0. The number of rotatable bonds is 5. The maximum absolute atomic E-state index is 13.9. The number of amides is 2. The predicted molar refractivity (Wildman–Crippen MR) is 132 cm³/mol. The van der Waals surface area contributed by atoms with Gasteiger partial charge in [0.05, 0.1) is 5.69 Å². The molecule has 0 aromatic heterocycles. The highest BCUT2D eigenvalue weighted by molar-refractivity contribution is 6.08. The van der Waals surface area contributed by atoms with Gasteiger partial charge >= 0.3 is 6.09 Å². The van der Waals surface area contributed by atoms with Crippen LogP contribution in [-0.4, -0.2) is 29.6 Å². The highest BCUT2D eigenvalue weighted by Crippen LogP contribution is 2.56. The third-order valence-corrected chi connectivity index (χ3v) is 7.28. The number of hydrogen-bond acceptors (Lipinski definition) is 3. The maximum atomic E-state index is 13.9. The van der Waals surface area contributed by atoms with Gasteiger partial charge in [-0.05, 0) is 41.7 Å². The Hall–Kier alpha value is -3.86. The lowest BCUT2D eigenvalue weighted by molar-refractivity contribution is 0.0775. The molecule has 3 aromatic rings. The molecule has 0 N–H and O–H groups in total. The van der Waals surface area contributed by atoms with Crippen molar-refractivity contribution in [2.75, 3.05) is 11.4 Å². The zero-order valence-electron chi connectivity index (χ0n) is 19.3. The number of allylic oxidation sites excluding steroid dienone is 1. The lowest BCUT2D eigenvalue weighted by atomic mass is 9.70. The molecule has 5 rings (SSSR count). The predicted octanol–water partition coefficient (Wildman–Crippen LogP) is 5.78. The Morgan fingerprint density at radius 1 is 1.03 bits per heavy atom. The Labute approximate surface area is 200 Å². The molecule has 2 aliphatic rings. The van der Waals surface area contributed by atoms with Crippen LogP contribution in [0.5, 0.6) is 0 Å². The summed E-state index contributed by atoms with van der Waals surface area (Å²) in [6.45, 7) is 6.88. The fourth-order valence-electron chi connectivity index (χ4n) is 5.54. The molecule has 0 spiro atoms. The molecule has 0 bridgehead atoms. The molecule has 3 aromatic carbocycles. The van der Waals surface area contributed by atoms with E-state index >= 15 is 0 Å². The molecule has 1 saturated heterocycles. The fourth-order valence-corrected chi connectivity index (χ4v) is 5.54.